The summed E-state index contributed by atoms with van der Waals surface area (Å²) in [6.07, 6.45) is 1.54. The van der Waals surface area contributed by atoms with Crippen LogP contribution in [-0.4, -0.2) is 13.2 Å². The summed E-state index contributed by atoms with van der Waals surface area (Å²) in [6, 6.07) is 1.91. The molecule has 0 saturated carbocycles. The molecule has 1 rings (SSSR count). The number of ether oxygens (including phenoxy) is 1. The third-order valence-electron chi connectivity index (χ3n) is 2.76. The molecule has 1 aromatic rings. The van der Waals surface area contributed by atoms with E-state index >= 15 is 0 Å². The van der Waals surface area contributed by atoms with E-state index in [-0.39, 0.29) is 6.54 Å². The van der Waals surface area contributed by atoms with Gasteiger partial charge in [0.25, 0.3) is 0 Å². The Kier molecular flexibility index (Phi) is 4.73. The van der Waals surface area contributed by atoms with E-state index in [9.17, 15) is 4.79 Å². The fraction of sp³-hybridized carbons (Fsp3) is 0.462. The summed E-state index contributed by atoms with van der Waals surface area (Å²) in [5, 5.41) is 0.672. The molecule has 92 valence electrons. The first kappa shape index (κ1) is 13.8. The van der Waals surface area contributed by atoms with E-state index in [4.69, 9.17) is 16.3 Å². The van der Waals surface area contributed by atoms with Gasteiger partial charge in [0.15, 0.2) is 0 Å². The normalized spacial score (nSPS) is 10.2. The predicted octanol–water partition coefficient (Wildman–Crippen LogP) is 3.62. The molecule has 0 aliphatic carbocycles. The Morgan fingerprint density at radius 1 is 1.53 bits per heavy atom. The molecule has 0 unspecified atom stereocenters. The van der Waals surface area contributed by atoms with Gasteiger partial charge < -0.3 is 4.74 Å². The first-order valence-corrected chi connectivity index (χ1v) is 5.80. The molecule has 4 heteroatoms. The summed E-state index contributed by atoms with van der Waals surface area (Å²) in [7, 11) is 1.61. The minimum atomic E-state index is 0.249. The highest BCUT2D eigenvalue weighted by Gasteiger charge is 2.17. The highest BCUT2D eigenvalue weighted by Crippen LogP contribution is 2.36. The molecule has 1 aromatic carbocycles. The van der Waals surface area contributed by atoms with Gasteiger partial charge in [-0.1, -0.05) is 25.4 Å². The van der Waals surface area contributed by atoms with Crippen molar-refractivity contribution in [2.45, 2.75) is 33.2 Å². The smallest absolute Gasteiger partial charge is 0.235 e. The number of aliphatic imine (C=N–C) groups is 1. The van der Waals surface area contributed by atoms with Crippen molar-refractivity contribution in [1.82, 2.24) is 0 Å². The fourth-order valence-corrected chi connectivity index (χ4v) is 2.00. The molecule has 0 spiro atoms. The predicted molar refractivity (Wildman–Crippen MR) is 68.7 cm³/mol. The second-order valence-corrected chi connectivity index (χ2v) is 4.55. The average molecular weight is 254 g/mol. The van der Waals surface area contributed by atoms with Crippen LogP contribution >= 0.6 is 11.6 Å². The summed E-state index contributed by atoms with van der Waals surface area (Å²) < 4.78 is 5.42. The Balaban J connectivity index is 3.46. The van der Waals surface area contributed by atoms with Gasteiger partial charge in [-0.2, -0.15) is 0 Å². The SMILES string of the molecule is COc1c(C(C)C)cc(Cl)c(C)c1CN=C=O. The first-order chi connectivity index (χ1) is 8.02. The van der Waals surface area contributed by atoms with Crippen molar-refractivity contribution in [2.75, 3.05) is 7.11 Å². The standard InChI is InChI=1S/C13H16ClNO2/c1-8(2)10-5-12(14)9(3)11(6-15-7-16)13(10)17-4/h5,8H,6H2,1-4H3. The number of carbonyl (C=O) groups excluding carboxylic acids is 1. The molecule has 0 atom stereocenters. The molecule has 0 amide bonds. The Hall–Kier alpha value is -1.31. The van der Waals surface area contributed by atoms with Crippen LogP contribution in [0.15, 0.2) is 11.1 Å². The molecule has 0 aromatic heterocycles. The molecule has 17 heavy (non-hydrogen) atoms. The summed E-state index contributed by atoms with van der Waals surface area (Å²) in [5.41, 5.74) is 2.78. The van der Waals surface area contributed by atoms with Gasteiger partial charge in [0.1, 0.15) is 5.75 Å². The largest absolute Gasteiger partial charge is 0.496 e. The highest BCUT2D eigenvalue weighted by atomic mass is 35.5. The number of isocyanates is 1. The molecular weight excluding hydrogens is 238 g/mol. The lowest BCUT2D eigenvalue weighted by Gasteiger charge is -2.18. The van der Waals surface area contributed by atoms with E-state index in [2.05, 4.69) is 18.8 Å². The van der Waals surface area contributed by atoms with Crippen molar-refractivity contribution in [2.24, 2.45) is 4.99 Å². The van der Waals surface area contributed by atoms with E-state index in [1.165, 1.54) is 6.08 Å². The zero-order valence-corrected chi connectivity index (χ0v) is 11.3. The van der Waals surface area contributed by atoms with E-state index in [0.29, 0.717) is 10.9 Å². The van der Waals surface area contributed by atoms with Crippen molar-refractivity contribution in [3.63, 3.8) is 0 Å². The Morgan fingerprint density at radius 3 is 2.65 bits per heavy atom. The third-order valence-corrected chi connectivity index (χ3v) is 3.15. The number of nitrogens with zero attached hydrogens (tertiary/aromatic N) is 1. The number of hydrogen-bond acceptors (Lipinski definition) is 3. The summed E-state index contributed by atoms with van der Waals surface area (Å²) in [6.45, 7) is 6.27. The van der Waals surface area contributed by atoms with Crippen LogP contribution in [0.3, 0.4) is 0 Å². The van der Waals surface area contributed by atoms with Crippen molar-refractivity contribution in [1.29, 1.82) is 0 Å². The minimum absolute atomic E-state index is 0.249. The molecule has 0 saturated heterocycles. The molecule has 0 aliphatic rings. The zero-order chi connectivity index (χ0) is 13.0. The summed E-state index contributed by atoms with van der Waals surface area (Å²) >= 11 is 6.18. The van der Waals surface area contributed by atoms with Gasteiger partial charge in [0, 0.05) is 10.6 Å². The lowest BCUT2D eigenvalue weighted by atomic mass is 9.96. The first-order valence-electron chi connectivity index (χ1n) is 5.42. The quantitative estimate of drug-likeness (QED) is 0.607. The number of hydrogen-bond donors (Lipinski definition) is 0. The molecule has 0 radical (unpaired) electrons. The number of methoxy groups -OCH3 is 1. The lowest BCUT2D eigenvalue weighted by Crippen LogP contribution is -2.02. The number of rotatable bonds is 4. The van der Waals surface area contributed by atoms with Crippen LogP contribution in [0.25, 0.3) is 0 Å². The van der Waals surface area contributed by atoms with Crippen molar-refractivity contribution in [3.8, 4) is 5.75 Å². The Labute approximate surface area is 106 Å². The van der Waals surface area contributed by atoms with Crippen molar-refractivity contribution < 1.29 is 9.53 Å². The summed E-state index contributed by atoms with van der Waals surface area (Å²) in [4.78, 5) is 13.8. The van der Waals surface area contributed by atoms with Gasteiger partial charge in [-0.3, -0.25) is 0 Å². The summed E-state index contributed by atoms with van der Waals surface area (Å²) in [5.74, 6) is 1.06. The van der Waals surface area contributed by atoms with Crippen molar-refractivity contribution in [3.05, 3.63) is 27.8 Å². The average Bonchev–Trinajstić information content (AvgIpc) is 2.30. The minimum Gasteiger partial charge on any atom is -0.496 e. The highest BCUT2D eigenvalue weighted by molar-refractivity contribution is 6.31. The molecule has 0 bridgehead atoms. The number of benzene rings is 1. The van der Waals surface area contributed by atoms with E-state index in [1.54, 1.807) is 7.11 Å². The number of halogens is 1. The van der Waals surface area contributed by atoms with Gasteiger partial charge >= 0.3 is 0 Å². The van der Waals surface area contributed by atoms with Crippen LogP contribution in [-0.2, 0) is 11.3 Å². The van der Waals surface area contributed by atoms with Gasteiger partial charge in [0.05, 0.1) is 13.7 Å². The maximum absolute atomic E-state index is 10.2. The lowest BCUT2D eigenvalue weighted by molar-refractivity contribution is 0.402. The van der Waals surface area contributed by atoms with Gasteiger partial charge in [-0.15, -0.1) is 0 Å². The molecule has 3 nitrogen and oxygen atoms in total. The van der Waals surface area contributed by atoms with Gasteiger partial charge in [-0.05, 0) is 30.0 Å². The van der Waals surface area contributed by atoms with Crippen LogP contribution < -0.4 is 4.74 Å². The van der Waals surface area contributed by atoms with Gasteiger partial charge in [0.2, 0.25) is 6.08 Å². The van der Waals surface area contributed by atoms with E-state index in [0.717, 1.165) is 22.4 Å². The van der Waals surface area contributed by atoms with Crippen molar-refractivity contribution >= 4 is 17.7 Å². The maximum Gasteiger partial charge on any atom is 0.235 e. The van der Waals surface area contributed by atoms with Crippen LogP contribution in [0.2, 0.25) is 5.02 Å². The fourth-order valence-electron chi connectivity index (χ4n) is 1.77. The topological polar surface area (TPSA) is 38.7 Å². The molecule has 0 fully saturated rings. The molecular formula is C13H16ClNO2. The molecule has 0 N–H and O–H groups in total. The third kappa shape index (κ3) is 2.87. The molecule has 0 aliphatic heterocycles. The van der Waals surface area contributed by atoms with E-state index in [1.807, 2.05) is 13.0 Å². The Morgan fingerprint density at radius 2 is 2.18 bits per heavy atom. The Bertz CT molecular complexity index is 463. The second-order valence-electron chi connectivity index (χ2n) is 4.15. The van der Waals surface area contributed by atoms with Crippen LogP contribution in [0, 0.1) is 6.92 Å². The van der Waals surface area contributed by atoms with E-state index < -0.39 is 0 Å². The van der Waals surface area contributed by atoms with Crippen LogP contribution in [0.1, 0.15) is 36.5 Å². The maximum atomic E-state index is 10.2. The van der Waals surface area contributed by atoms with Crippen LogP contribution in [0.4, 0.5) is 0 Å². The zero-order valence-electron chi connectivity index (χ0n) is 10.5. The van der Waals surface area contributed by atoms with Gasteiger partial charge in [-0.25, -0.2) is 9.79 Å². The second kappa shape index (κ2) is 5.85. The van der Waals surface area contributed by atoms with Crippen LogP contribution in [0.5, 0.6) is 5.75 Å². The molecule has 0 heterocycles. The monoisotopic (exact) mass is 253 g/mol.